The lowest BCUT2D eigenvalue weighted by Crippen LogP contribution is -2.37. The summed E-state index contributed by atoms with van der Waals surface area (Å²) in [6.07, 6.45) is 1.65. The molecule has 21 heavy (non-hydrogen) atoms. The molecule has 0 aromatic heterocycles. The lowest BCUT2D eigenvalue weighted by Gasteiger charge is -2.23. The van der Waals surface area contributed by atoms with Crippen molar-refractivity contribution in [3.8, 4) is 0 Å². The highest BCUT2D eigenvalue weighted by Crippen LogP contribution is 2.22. The van der Waals surface area contributed by atoms with E-state index in [1.54, 1.807) is 17.0 Å². The van der Waals surface area contributed by atoms with Crippen molar-refractivity contribution in [1.82, 2.24) is 4.90 Å². The van der Waals surface area contributed by atoms with Crippen molar-refractivity contribution in [1.29, 1.82) is 0 Å². The van der Waals surface area contributed by atoms with Crippen LogP contribution in [0.3, 0.4) is 0 Å². The second kappa shape index (κ2) is 7.45. The van der Waals surface area contributed by atoms with Crippen LogP contribution in [0.15, 0.2) is 24.3 Å². The predicted octanol–water partition coefficient (Wildman–Crippen LogP) is 2.52. The number of hydrogen-bond donors (Lipinski definition) is 1. The summed E-state index contributed by atoms with van der Waals surface area (Å²) in [5.74, 6) is -0.172. The number of nitrogens with zero attached hydrogens (tertiary/aromatic N) is 1. The molecule has 1 aliphatic rings. The number of carboxylic acid groups (broad SMARTS) is 1. The maximum Gasteiger partial charge on any atom is 0.305 e. The highest BCUT2D eigenvalue weighted by Gasteiger charge is 2.29. The third-order valence-corrected chi connectivity index (χ3v) is 4.50. The van der Waals surface area contributed by atoms with Gasteiger partial charge in [0, 0.05) is 18.3 Å². The molecule has 1 aliphatic heterocycles. The van der Waals surface area contributed by atoms with Gasteiger partial charge in [-0.15, -0.1) is 11.8 Å². The smallest absolute Gasteiger partial charge is 0.305 e. The minimum Gasteiger partial charge on any atom is -0.481 e. The summed E-state index contributed by atoms with van der Waals surface area (Å²) >= 11 is 1.47. The second-order valence-electron chi connectivity index (χ2n) is 5.10. The van der Waals surface area contributed by atoms with Crippen molar-refractivity contribution in [2.24, 2.45) is 0 Å². The minimum absolute atomic E-state index is 0.00846. The Kier molecular flexibility index (Phi) is 5.61. The maximum atomic E-state index is 12.8. The van der Waals surface area contributed by atoms with Crippen LogP contribution < -0.4 is 0 Å². The molecule has 1 amide bonds. The molecule has 0 aliphatic carbocycles. The number of rotatable bonds is 6. The van der Waals surface area contributed by atoms with Crippen LogP contribution in [0.1, 0.15) is 24.8 Å². The Morgan fingerprint density at radius 2 is 2.05 bits per heavy atom. The highest BCUT2D eigenvalue weighted by molar-refractivity contribution is 7.99. The van der Waals surface area contributed by atoms with Gasteiger partial charge in [0.05, 0.1) is 12.2 Å². The van der Waals surface area contributed by atoms with E-state index in [1.807, 2.05) is 0 Å². The van der Waals surface area contributed by atoms with Gasteiger partial charge < -0.3 is 10.0 Å². The Morgan fingerprint density at radius 1 is 1.33 bits per heavy atom. The van der Waals surface area contributed by atoms with Crippen LogP contribution in [0.2, 0.25) is 0 Å². The monoisotopic (exact) mass is 311 g/mol. The van der Waals surface area contributed by atoms with E-state index in [4.69, 9.17) is 5.11 Å². The van der Waals surface area contributed by atoms with Crippen LogP contribution in [-0.2, 0) is 15.3 Å². The van der Waals surface area contributed by atoms with Gasteiger partial charge in [0.25, 0.3) is 0 Å². The van der Waals surface area contributed by atoms with Gasteiger partial charge in [-0.2, -0.15) is 0 Å². The number of thioether (sulfide) groups is 1. The van der Waals surface area contributed by atoms with Crippen LogP contribution in [0.4, 0.5) is 4.39 Å². The molecular weight excluding hydrogens is 293 g/mol. The van der Waals surface area contributed by atoms with Crippen LogP contribution >= 0.6 is 11.8 Å². The number of carboxylic acids is 1. The number of amides is 1. The summed E-state index contributed by atoms with van der Waals surface area (Å²) in [5, 5.41) is 8.85. The SMILES string of the molecule is O=C(O)CC1CCCN1C(=O)CSCc1ccc(F)cc1. The first-order valence-corrected chi connectivity index (χ1v) is 8.05. The number of aliphatic carboxylic acids is 1. The van der Waals surface area contributed by atoms with Gasteiger partial charge in [-0.1, -0.05) is 12.1 Å². The molecule has 0 saturated carbocycles. The van der Waals surface area contributed by atoms with E-state index in [-0.39, 0.29) is 24.2 Å². The standard InChI is InChI=1S/C15H18FNO3S/c16-12-5-3-11(4-6-12)9-21-10-14(18)17-7-1-2-13(17)8-15(19)20/h3-6,13H,1-2,7-10H2,(H,19,20). The van der Waals surface area contributed by atoms with Crippen molar-refractivity contribution in [3.05, 3.63) is 35.6 Å². The molecule has 0 spiro atoms. The van der Waals surface area contributed by atoms with Crippen LogP contribution in [0.25, 0.3) is 0 Å². The normalized spacial score (nSPS) is 18.0. The molecule has 1 unspecified atom stereocenters. The van der Waals surface area contributed by atoms with Gasteiger partial charge in [-0.05, 0) is 30.5 Å². The fourth-order valence-corrected chi connectivity index (χ4v) is 3.37. The van der Waals surface area contributed by atoms with Crippen LogP contribution in [0.5, 0.6) is 0 Å². The van der Waals surface area contributed by atoms with Crippen molar-refractivity contribution in [2.75, 3.05) is 12.3 Å². The Morgan fingerprint density at radius 3 is 2.71 bits per heavy atom. The number of likely N-dealkylation sites (tertiary alicyclic amines) is 1. The zero-order chi connectivity index (χ0) is 15.2. The summed E-state index contributed by atoms with van der Waals surface area (Å²) in [6, 6.07) is 6.05. The zero-order valence-electron chi connectivity index (χ0n) is 11.6. The third kappa shape index (κ3) is 4.74. The van der Waals surface area contributed by atoms with Crippen LogP contribution in [0, 0.1) is 5.82 Å². The van der Waals surface area contributed by atoms with Gasteiger partial charge in [0.1, 0.15) is 5.82 Å². The van der Waals surface area contributed by atoms with Crippen LogP contribution in [-0.4, -0.2) is 40.2 Å². The Hall–Kier alpha value is -1.56. The van der Waals surface area contributed by atoms with E-state index >= 15 is 0 Å². The first-order valence-electron chi connectivity index (χ1n) is 6.89. The molecular formula is C15H18FNO3S. The average molecular weight is 311 g/mol. The van der Waals surface area contributed by atoms with Crippen molar-refractivity contribution in [3.63, 3.8) is 0 Å². The summed E-state index contributed by atoms with van der Waals surface area (Å²) in [7, 11) is 0. The van der Waals surface area contributed by atoms with E-state index < -0.39 is 5.97 Å². The molecule has 1 N–H and O–H groups in total. The second-order valence-corrected chi connectivity index (χ2v) is 6.09. The average Bonchev–Trinajstić information content (AvgIpc) is 2.88. The Bertz CT molecular complexity index is 506. The number of halogens is 1. The summed E-state index contributed by atoms with van der Waals surface area (Å²) < 4.78 is 12.8. The molecule has 6 heteroatoms. The predicted molar refractivity (Wildman–Crippen MR) is 79.5 cm³/mol. The molecule has 1 atom stereocenters. The van der Waals surface area contributed by atoms with Gasteiger partial charge in [-0.3, -0.25) is 9.59 Å². The maximum absolute atomic E-state index is 12.8. The molecule has 4 nitrogen and oxygen atoms in total. The van der Waals surface area contributed by atoms with Gasteiger partial charge >= 0.3 is 5.97 Å². The lowest BCUT2D eigenvalue weighted by molar-refractivity contribution is -0.139. The molecule has 0 bridgehead atoms. The number of carbonyl (C=O) groups excluding carboxylic acids is 1. The lowest BCUT2D eigenvalue weighted by atomic mass is 10.1. The van der Waals surface area contributed by atoms with Gasteiger partial charge in [0.2, 0.25) is 5.91 Å². The van der Waals surface area contributed by atoms with E-state index in [9.17, 15) is 14.0 Å². The molecule has 1 saturated heterocycles. The summed E-state index contributed by atoms with van der Waals surface area (Å²) in [5.41, 5.74) is 0.970. The first kappa shape index (κ1) is 15.8. The minimum atomic E-state index is -0.862. The molecule has 2 rings (SSSR count). The van der Waals surface area contributed by atoms with Gasteiger partial charge in [0.15, 0.2) is 0 Å². The Labute approximate surface area is 127 Å². The first-order chi connectivity index (χ1) is 10.1. The molecule has 1 fully saturated rings. The fraction of sp³-hybridized carbons (Fsp3) is 0.467. The van der Waals surface area contributed by atoms with E-state index in [2.05, 4.69) is 0 Å². The molecule has 1 aromatic carbocycles. The Balaban J connectivity index is 1.78. The third-order valence-electron chi connectivity index (χ3n) is 3.52. The highest BCUT2D eigenvalue weighted by atomic mass is 32.2. The summed E-state index contributed by atoms with van der Waals surface area (Å²) in [4.78, 5) is 24.6. The largest absolute Gasteiger partial charge is 0.481 e. The van der Waals surface area contributed by atoms with E-state index in [0.717, 1.165) is 18.4 Å². The number of hydrogen-bond acceptors (Lipinski definition) is 3. The van der Waals surface area contributed by atoms with Crippen molar-refractivity contribution < 1.29 is 19.1 Å². The number of carbonyl (C=O) groups is 2. The quantitative estimate of drug-likeness (QED) is 0.877. The van der Waals surface area contributed by atoms with Crippen molar-refractivity contribution in [2.45, 2.75) is 31.1 Å². The number of benzene rings is 1. The zero-order valence-corrected chi connectivity index (χ0v) is 12.4. The molecule has 0 radical (unpaired) electrons. The summed E-state index contributed by atoms with van der Waals surface area (Å²) in [6.45, 7) is 0.647. The van der Waals surface area contributed by atoms with Gasteiger partial charge in [-0.25, -0.2) is 4.39 Å². The molecule has 114 valence electrons. The fourth-order valence-electron chi connectivity index (χ4n) is 2.50. The molecule has 1 aromatic rings. The van der Waals surface area contributed by atoms with E-state index in [1.165, 1.54) is 23.9 Å². The topological polar surface area (TPSA) is 57.6 Å². The van der Waals surface area contributed by atoms with Crippen molar-refractivity contribution >= 4 is 23.6 Å². The van der Waals surface area contributed by atoms with E-state index in [0.29, 0.717) is 18.1 Å². The molecule has 1 heterocycles.